The second kappa shape index (κ2) is 5.90. The van der Waals surface area contributed by atoms with Gasteiger partial charge in [0.1, 0.15) is 17.6 Å². The van der Waals surface area contributed by atoms with E-state index in [9.17, 15) is 13.2 Å². The summed E-state index contributed by atoms with van der Waals surface area (Å²) in [6.45, 7) is 3.04. The van der Waals surface area contributed by atoms with Crippen LogP contribution in [-0.4, -0.2) is 24.1 Å². The molecule has 2 N–H and O–H groups in total. The number of hydrogen-bond donors (Lipinski definition) is 1. The summed E-state index contributed by atoms with van der Waals surface area (Å²) in [5.74, 6) is 0.305. The van der Waals surface area contributed by atoms with Crippen LogP contribution in [0.1, 0.15) is 31.0 Å². The highest BCUT2D eigenvalue weighted by atomic mass is 19.4. The van der Waals surface area contributed by atoms with E-state index in [1.54, 1.807) is 4.90 Å². The topological polar surface area (TPSA) is 65.9 Å². The lowest BCUT2D eigenvalue weighted by Crippen LogP contribution is -2.47. The molecule has 2 unspecified atom stereocenters. The molecule has 0 radical (unpaired) electrons. The standard InChI is InChI=1S/C14H17F3N4/c1-2-9-8-21(6-5-11(9)19)13-10(7-18)3-4-12(20-13)14(15,16)17/h3-4,9,11H,2,5-6,8,19H2,1H3. The number of nitrogens with zero attached hydrogens (tertiary/aromatic N) is 3. The van der Waals surface area contributed by atoms with Crippen LogP contribution in [0.2, 0.25) is 0 Å². The maximum atomic E-state index is 12.8. The van der Waals surface area contributed by atoms with E-state index >= 15 is 0 Å². The van der Waals surface area contributed by atoms with E-state index in [-0.39, 0.29) is 23.3 Å². The van der Waals surface area contributed by atoms with Crippen molar-refractivity contribution in [3.8, 4) is 6.07 Å². The first-order valence-electron chi connectivity index (χ1n) is 6.85. The number of hydrogen-bond acceptors (Lipinski definition) is 4. The molecule has 0 aliphatic carbocycles. The van der Waals surface area contributed by atoms with Gasteiger partial charge in [-0.15, -0.1) is 0 Å². The summed E-state index contributed by atoms with van der Waals surface area (Å²) in [7, 11) is 0. The largest absolute Gasteiger partial charge is 0.433 e. The van der Waals surface area contributed by atoms with E-state index in [0.717, 1.165) is 12.5 Å². The Balaban J connectivity index is 2.36. The molecule has 1 aliphatic rings. The normalized spacial score (nSPS) is 23.0. The quantitative estimate of drug-likeness (QED) is 0.911. The lowest BCUT2D eigenvalue weighted by Gasteiger charge is -2.37. The fourth-order valence-electron chi connectivity index (χ4n) is 2.61. The van der Waals surface area contributed by atoms with E-state index < -0.39 is 11.9 Å². The number of anilines is 1. The molecule has 1 saturated heterocycles. The molecule has 0 bridgehead atoms. The third-order valence-corrected chi connectivity index (χ3v) is 3.90. The highest BCUT2D eigenvalue weighted by molar-refractivity contribution is 5.55. The van der Waals surface area contributed by atoms with Crippen molar-refractivity contribution in [2.45, 2.75) is 32.0 Å². The van der Waals surface area contributed by atoms with Crippen LogP contribution < -0.4 is 10.6 Å². The van der Waals surface area contributed by atoms with Crippen molar-refractivity contribution in [1.82, 2.24) is 4.98 Å². The van der Waals surface area contributed by atoms with Crippen molar-refractivity contribution in [2.24, 2.45) is 11.7 Å². The average molecular weight is 298 g/mol. The minimum Gasteiger partial charge on any atom is -0.355 e. The van der Waals surface area contributed by atoms with Gasteiger partial charge in [-0.3, -0.25) is 0 Å². The average Bonchev–Trinajstić information content (AvgIpc) is 2.46. The van der Waals surface area contributed by atoms with E-state index in [2.05, 4.69) is 4.98 Å². The van der Waals surface area contributed by atoms with E-state index in [1.165, 1.54) is 6.07 Å². The Kier molecular flexibility index (Phi) is 4.37. The summed E-state index contributed by atoms with van der Waals surface area (Å²) in [5, 5.41) is 9.10. The van der Waals surface area contributed by atoms with Gasteiger partial charge in [0.25, 0.3) is 0 Å². The zero-order valence-corrected chi connectivity index (χ0v) is 11.7. The fraction of sp³-hybridized carbons (Fsp3) is 0.571. The van der Waals surface area contributed by atoms with Crippen LogP contribution in [0, 0.1) is 17.2 Å². The molecule has 1 aromatic rings. The molecule has 2 rings (SSSR count). The number of halogens is 3. The molecule has 2 heterocycles. The molecule has 4 nitrogen and oxygen atoms in total. The monoisotopic (exact) mass is 298 g/mol. The summed E-state index contributed by atoms with van der Waals surface area (Å²) >= 11 is 0. The van der Waals surface area contributed by atoms with Gasteiger partial charge < -0.3 is 10.6 Å². The fourth-order valence-corrected chi connectivity index (χ4v) is 2.61. The maximum absolute atomic E-state index is 12.8. The number of nitriles is 1. The van der Waals surface area contributed by atoms with Crippen LogP contribution in [0.15, 0.2) is 12.1 Å². The Morgan fingerprint density at radius 2 is 2.19 bits per heavy atom. The molecule has 7 heteroatoms. The minimum atomic E-state index is -4.51. The molecule has 1 aliphatic heterocycles. The molecule has 0 aromatic carbocycles. The van der Waals surface area contributed by atoms with E-state index in [0.29, 0.717) is 19.5 Å². The van der Waals surface area contributed by atoms with Crippen molar-refractivity contribution in [3.05, 3.63) is 23.4 Å². The number of piperidine rings is 1. The van der Waals surface area contributed by atoms with Crippen LogP contribution in [0.4, 0.5) is 19.0 Å². The Bertz CT molecular complexity index is 550. The van der Waals surface area contributed by atoms with Crippen LogP contribution in [0.25, 0.3) is 0 Å². The summed E-state index contributed by atoms with van der Waals surface area (Å²) in [6, 6.07) is 3.98. The Hall–Kier alpha value is -1.81. The molecule has 21 heavy (non-hydrogen) atoms. The summed E-state index contributed by atoms with van der Waals surface area (Å²) in [5.41, 5.74) is 5.20. The zero-order valence-electron chi connectivity index (χ0n) is 11.7. The molecular weight excluding hydrogens is 281 g/mol. The van der Waals surface area contributed by atoms with Crippen molar-refractivity contribution in [2.75, 3.05) is 18.0 Å². The third kappa shape index (κ3) is 3.27. The number of rotatable bonds is 2. The highest BCUT2D eigenvalue weighted by Crippen LogP contribution is 2.32. The smallest absolute Gasteiger partial charge is 0.355 e. The molecule has 0 saturated carbocycles. The second-order valence-electron chi connectivity index (χ2n) is 5.24. The van der Waals surface area contributed by atoms with Gasteiger partial charge in [-0.25, -0.2) is 4.98 Å². The van der Waals surface area contributed by atoms with Gasteiger partial charge in [0.15, 0.2) is 0 Å². The first-order valence-corrected chi connectivity index (χ1v) is 6.85. The molecule has 1 fully saturated rings. The SMILES string of the molecule is CCC1CN(c2nc(C(F)(F)F)ccc2C#N)CCC1N. The Labute approximate surface area is 121 Å². The van der Waals surface area contributed by atoms with E-state index in [4.69, 9.17) is 11.0 Å². The van der Waals surface area contributed by atoms with Crippen molar-refractivity contribution in [1.29, 1.82) is 5.26 Å². The highest BCUT2D eigenvalue weighted by Gasteiger charge is 2.34. The molecule has 114 valence electrons. The summed E-state index contributed by atoms with van der Waals surface area (Å²) < 4.78 is 38.4. The van der Waals surface area contributed by atoms with Crippen LogP contribution in [0.5, 0.6) is 0 Å². The summed E-state index contributed by atoms with van der Waals surface area (Å²) in [6.07, 6.45) is -2.99. The number of alkyl halides is 3. The first-order chi connectivity index (χ1) is 9.86. The molecule has 0 amide bonds. The first kappa shape index (κ1) is 15.6. The van der Waals surface area contributed by atoms with Gasteiger partial charge in [-0.2, -0.15) is 18.4 Å². The molecule has 1 aromatic heterocycles. The van der Waals surface area contributed by atoms with Crippen molar-refractivity contribution in [3.63, 3.8) is 0 Å². The second-order valence-corrected chi connectivity index (χ2v) is 5.24. The lowest BCUT2D eigenvalue weighted by molar-refractivity contribution is -0.141. The van der Waals surface area contributed by atoms with Crippen LogP contribution in [-0.2, 0) is 6.18 Å². The van der Waals surface area contributed by atoms with Gasteiger partial charge in [-0.05, 0) is 24.5 Å². The zero-order chi connectivity index (χ0) is 15.6. The third-order valence-electron chi connectivity index (χ3n) is 3.90. The minimum absolute atomic E-state index is 0.0441. The molecule has 0 spiro atoms. The van der Waals surface area contributed by atoms with Gasteiger partial charge >= 0.3 is 6.18 Å². The predicted octanol–water partition coefficient (Wildman–Crippen LogP) is 2.54. The predicted molar refractivity (Wildman–Crippen MR) is 72.5 cm³/mol. The van der Waals surface area contributed by atoms with Gasteiger partial charge in [0.2, 0.25) is 0 Å². The van der Waals surface area contributed by atoms with Gasteiger partial charge in [-0.1, -0.05) is 13.3 Å². The summed E-state index contributed by atoms with van der Waals surface area (Å²) in [4.78, 5) is 5.41. The number of nitrogens with two attached hydrogens (primary N) is 1. The maximum Gasteiger partial charge on any atom is 0.433 e. The Morgan fingerprint density at radius 1 is 1.48 bits per heavy atom. The van der Waals surface area contributed by atoms with Crippen molar-refractivity contribution >= 4 is 5.82 Å². The van der Waals surface area contributed by atoms with Crippen LogP contribution >= 0.6 is 0 Å². The van der Waals surface area contributed by atoms with E-state index in [1.807, 2.05) is 13.0 Å². The van der Waals surface area contributed by atoms with Crippen LogP contribution in [0.3, 0.4) is 0 Å². The molecular formula is C14H17F3N4. The number of aromatic nitrogens is 1. The molecule has 2 atom stereocenters. The van der Waals surface area contributed by atoms with Gasteiger partial charge in [0, 0.05) is 19.1 Å². The lowest BCUT2D eigenvalue weighted by atomic mass is 9.90. The van der Waals surface area contributed by atoms with Gasteiger partial charge in [0.05, 0.1) is 5.56 Å². The number of pyridine rings is 1. The Morgan fingerprint density at radius 3 is 2.76 bits per heavy atom. The van der Waals surface area contributed by atoms with Crippen molar-refractivity contribution < 1.29 is 13.2 Å².